The first kappa shape index (κ1) is 20.6. The molecule has 0 fully saturated rings. The zero-order valence-corrected chi connectivity index (χ0v) is 15.3. The third-order valence-corrected chi connectivity index (χ3v) is 4.34. The van der Waals surface area contributed by atoms with E-state index in [-0.39, 0.29) is 11.9 Å². The van der Waals surface area contributed by atoms with Crippen LogP contribution in [0.15, 0.2) is 18.2 Å². The van der Waals surface area contributed by atoms with E-state index in [1.54, 1.807) is 6.07 Å². The molecular weight excluding hydrogens is 308 g/mol. The van der Waals surface area contributed by atoms with E-state index in [2.05, 4.69) is 13.8 Å². The van der Waals surface area contributed by atoms with E-state index in [1.165, 1.54) is 6.07 Å². The van der Waals surface area contributed by atoms with Crippen LogP contribution in [-0.4, -0.2) is 16.8 Å². The lowest BCUT2D eigenvalue weighted by molar-refractivity contribution is -0.134. The minimum absolute atomic E-state index is 0.111. The van der Waals surface area contributed by atoms with Crippen molar-refractivity contribution in [2.45, 2.75) is 84.7 Å². The molecule has 0 spiro atoms. The number of halogens is 2. The Morgan fingerprint density at radius 2 is 1.62 bits per heavy atom. The van der Waals surface area contributed by atoms with Gasteiger partial charge < -0.3 is 4.90 Å². The smallest absolute Gasteiger partial charge is 0.223 e. The van der Waals surface area contributed by atoms with E-state index in [9.17, 15) is 13.6 Å². The molecular formula is C20H31F2NO. The molecule has 2 nitrogen and oxygen atoms in total. The summed E-state index contributed by atoms with van der Waals surface area (Å²) in [6.45, 7) is 6.63. The number of carbonyl (C=O) groups is 1. The maximum absolute atomic E-state index is 13.5. The Kier molecular flexibility index (Phi) is 9.58. The number of amides is 1. The molecule has 0 unspecified atom stereocenters. The molecule has 4 heteroatoms. The first-order valence-electron chi connectivity index (χ1n) is 9.26. The van der Waals surface area contributed by atoms with Gasteiger partial charge in [0.1, 0.15) is 0 Å². The highest BCUT2D eigenvalue weighted by Crippen LogP contribution is 2.21. The average molecular weight is 339 g/mol. The standard InChI is InChI=1S/C20H31F2NO/c1-4-7-10-17(11-8-5-2)23(20(24)9-6-3)15-16-12-13-18(21)19(22)14-16/h12-14,17H,4-11,15H2,1-3H3. The van der Waals surface area contributed by atoms with Crippen LogP contribution in [0.25, 0.3) is 0 Å². The third kappa shape index (κ3) is 6.58. The molecule has 1 amide bonds. The van der Waals surface area contributed by atoms with Gasteiger partial charge in [0.25, 0.3) is 0 Å². The van der Waals surface area contributed by atoms with Crippen LogP contribution in [0.3, 0.4) is 0 Å². The number of nitrogens with zero attached hydrogens (tertiary/aromatic N) is 1. The predicted molar refractivity (Wildman–Crippen MR) is 94.7 cm³/mol. The van der Waals surface area contributed by atoms with Crippen LogP contribution in [0.2, 0.25) is 0 Å². The van der Waals surface area contributed by atoms with Crippen molar-refractivity contribution < 1.29 is 13.6 Å². The maximum Gasteiger partial charge on any atom is 0.223 e. The molecule has 0 saturated heterocycles. The molecule has 0 N–H and O–H groups in total. The Hall–Kier alpha value is -1.45. The topological polar surface area (TPSA) is 20.3 Å². The lowest BCUT2D eigenvalue weighted by Crippen LogP contribution is -2.39. The minimum Gasteiger partial charge on any atom is -0.335 e. The SMILES string of the molecule is CCCCC(CCCC)N(Cc1ccc(F)c(F)c1)C(=O)CCC. The summed E-state index contributed by atoms with van der Waals surface area (Å²) < 4.78 is 26.7. The van der Waals surface area contributed by atoms with Crippen LogP contribution >= 0.6 is 0 Å². The Labute approximate surface area is 145 Å². The molecule has 0 aromatic heterocycles. The largest absolute Gasteiger partial charge is 0.335 e. The number of benzene rings is 1. The van der Waals surface area contributed by atoms with Gasteiger partial charge in [-0.3, -0.25) is 4.79 Å². The average Bonchev–Trinajstić information content (AvgIpc) is 2.56. The van der Waals surface area contributed by atoms with E-state index in [4.69, 9.17) is 0 Å². The molecule has 1 rings (SSSR count). The molecule has 1 aromatic rings. The van der Waals surface area contributed by atoms with Gasteiger partial charge >= 0.3 is 0 Å². The Bertz CT molecular complexity index is 496. The molecule has 0 radical (unpaired) electrons. The van der Waals surface area contributed by atoms with Crippen LogP contribution in [0.4, 0.5) is 8.78 Å². The summed E-state index contributed by atoms with van der Waals surface area (Å²) in [5.74, 6) is -1.59. The summed E-state index contributed by atoms with van der Waals surface area (Å²) in [5.41, 5.74) is 0.649. The van der Waals surface area contributed by atoms with Gasteiger partial charge in [-0.2, -0.15) is 0 Å². The van der Waals surface area contributed by atoms with Crippen LogP contribution in [0.1, 0.15) is 77.7 Å². The summed E-state index contributed by atoms with van der Waals surface area (Å²) in [6, 6.07) is 4.09. The number of carbonyl (C=O) groups excluding carboxylic acids is 1. The second-order valence-electron chi connectivity index (χ2n) is 6.46. The van der Waals surface area contributed by atoms with Gasteiger partial charge in [-0.15, -0.1) is 0 Å². The number of unbranched alkanes of at least 4 members (excludes halogenated alkanes) is 2. The zero-order valence-electron chi connectivity index (χ0n) is 15.3. The molecule has 0 heterocycles. The first-order chi connectivity index (χ1) is 11.5. The molecule has 136 valence electrons. The van der Waals surface area contributed by atoms with Crippen molar-refractivity contribution in [3.05, 3.63) is 35.4 Å². The highest BCUT2D eigenvalue weighted by Gasteiger charge is 2.23. The lowest BCUT2D eigenvalue weighted by atomic mass is 10.00. The van der Waals surface area contributed by atoms with Crippen molar-refractivity contribution in [3.8, 4) is 0 Å². The van der Waals surface area contributed by atoms with E-state index in [0.717, 1.165) is 51.0 Å². The van der Waals surface area contributed by atoms with Gasteiger partial charge in [-0.05, 0) is 37.0 Å². The fourth-order valence-corrected chi connectivity index (χ4v) is 2.95. The Morgan fingerprint density at radius 3 is 2.12 bits per heavy atom. The zero-order chi connectivity index (χ0) is 17.9. The molecule has 0 aliphatic rings. The highest BCUT2D eigenvalue weighted by molar-refractivity contribution is 5.76. The summed E-state index contributed by atoms with van der Waals surface area (Å²) in [7, 11) is 0. The monoisotopic (exact) mass is 339 g/mol. The first-order valence-corrected chi connectivity index (χ1v) is 9.26. The van der Waals surface area contributed by atoms with E-state index < -0.39 is 11.6 Å². The van der Waals surface area contributed by atoms with Crippen molar-refractivity contribution in [2.75, 3.05) is 0 Å². The van der Waals surface area contributed by atoms with Crippen molar-refractivity contribution in [2.24, 2.45) is 0 Å². The minimum atomic E-state index is -0.853. The summed E-state index contributed by atoms with van der Waals surface area (Å²) >= 11 is 0. The molecule has 0 aliphatic heterocycles. The van der Waals surface area contributed by atoms with Gasteiger partial charge in [0.15, 0.2) is 11.6 Å². The highest BCUT2D eigenvalue weighted by atomic mass is 19.2. The fraction of sp³-hybridized carbons (Fsp3) is 0.650. The van der Waals surface area contributed by atoms with Crippen LogP contribution < -0.4 is 0 Å². The second kappa shape index (κ2) is 11.2. The van der Waals surface area contributed by atoms with Gasteiger partial charge in [-0.1, -0.05) is 52.5 Å². The van der Waals surface area contributed by atoms with Crippen molar-refractivity contribution in [1.82, 2.24) is 4.90 Å². The molecule has 0 atom stereocenters. The van der Waals surface area contributed by atoms with E-state index in [1.807, 2.05) is 11.8 Å². The summed E-state index contributed by atoms with van der Waals surface area (Å²) in [6.07, 6.45) is 7.54. The summed E-state index contributed by atoms with van der Waals surface area (Å²) in [5, 5.41) is 0. The molecule has 0 bridgehead atoms. The van der Waals surface area contributed by atoms with Crippen molar-refractivity contribution >= 4 is 5.91 Å². The van der Waals surface area contributed by atoms with Gasteiger partial charge in [0.05, 0.1) is 0 Å². The second-order valence-corrected chi connectivity index (χ2v) is 6.46. The number of hydrogen-bond donors (Lipinski definition) is 0. The van der Waals surface area contributed by atoms with E-state index in [0.29, 0.717) is 18.5 Å². The van der Waals surface area contributed by atoms with Crippen LogP contribution in [-0.2, 0) is 11.3 Å². The fourth-order valence-electron chi connectivity index (χ4n) is 2.95. The van der Waals surface area contributed by atoms with Gasteiger partial charge in [0, 0.05) is 19.0 Å². The molecule has 0 saturated carbocycles. The predicted octanol–water partition coefficient (Wildman–Crippen LogP) is 5.84. The number of rotatable bonds is 11. The van der Waals surface area contributed by atoms with Crippen molar-refractivity contribution in [1.29, 1.82) is 0 Å². The molecule has 24 heavy (non-hydrogen) atoms. The quantitative estimate of drug-likeness (QED) is 0.496. The van der Waals surface area contributed by atoms with E-state index >= 15 is 0 Å². The van der Waals surface area contributed by atoms with Crippen LogP contribution in [0.5, 0.6) is 0 Å². The van der Waals surface area contributed by atoms with Gasteiger partial charge in [-0.25, -0.2) is 8.78 Å². The van der Waals surface area contributed by atoms with Gasteiger partial charge in [0.2, 0.25) is 5.91 Å². The maximum atomic E-state index is 13.5. The molecule has 0 aliphatic carbocycles. The van der Waals surface area contributed by atoms with Crippen molar-refractivity contribution in [3.63, 3.8) is 0 Å². The Balaban J connectivity index is 2.97. The number of hydrogen-bond acceptors (Lipinski definition) is 1. The lowest BCUT2D eigenvalue weighted by Gasteiger charge is -2.32. The third-order valence-electron chi connectivity index (χ3n) is 4.34. The molecule has 1 aromatic carbocycles. The normalized spacial score (nSPS) is 11.1. The van der Waals surface area contributed by atoms with Crippen LogP contribution in [0, 0.1) is 11.6 Å². The summed E-state index contributed by atoms with van der Waals surface area (Å²) in [4.78, 5) is 14.5. The Morgan fingerprint density at radius 1 is 1.00 bits per heavy atom.